The molecule has 0 aliphatic carbocycles. The molecule has 2 amide bonds. The minimum Gasteiger partial charge on any atom is -0.490 e. The minimum absolute atomic E-state index is 0.156. The number of anilines is 1. The fourth-order valence-corrected chi connectivity index (χ4v) is 2.37. The van der Waals surface area contributed by atoms with Gasteiger partial charge >= 0.3 is 6.03 Å². The summed E-state index contributed by atoms with van der Waals surface area (Å²) in [5.74, 6) is 0.300. The first-order chi connectivity index (χ1) is 10.6. The molecule has 22 heavy (non-hydrogen) atoms. The number of nitrogens with zero attached hydrogens (tertiary/aromatic N) is 2. The normalized spacial score (nSPS) is 17.5. The molecule has 0 saturated carbocycles. The van der Waals surface area contributed by atoms with Crippen molar-refractivity contribution < 1.29 is 13.9 Å². The summed E-state index contributed by atoms with van der Waals surface area (Å²) in [5, 5.41) is 2.83. The Balaban J connectivity index is 1.62. The lowest BCUT2D eigenvalue weighted by atomic mass is 10.2. The van der Waals surface area contributed by atoms with Gasteiger partial charge in [0.1, 0.15) is 18.2 Å². The lowest BCUT2D eigenvalue weighted by Crippen LogP contribution is -2.32. The van der Waals surface area contributed by atoms with Crippen LogP contribution in [0.1, 0.15) is 5.56 Å². The Morgan fingerprint density at radius 2 is 2.27 bits per heavy atom. The third-order valence-electron chi connectivity index (χ3n) is 3.40. The molecule has 5 nitrogen and oxygen atoms in total. The molecule has 1 unspecified atom stereocenters. The summed E-state index contributed by atoms with van der Waals surface area (Å²) in [4.78, 5) is 17.5. The maximum absolute atomic E-state index is 13.3. The van der Waals surface area contributed by atoms with Crippen molar-refractivity contribution in [2.45, 2.75) is 13.0 Å². The highest BCUT2D eigenvalue weighted by atomic mass is 19.1. The molecule has 1 saturated heterocycles. The molecule has 1 fully saturated rings. The van der Waals surface area contributed by atoms with Gasteiger partial charge in [0.05, 0.1) is 18.8 Å². The minimum atomic E-state index is -0.365. The number of amides is 2. The number of halogens is 1. The molecule has 1 atom stereocenters. The first-order valence-electron chi connectivity index (χ1n) is 7.00. The van der Waals surface area contributed by atoms with Crippen molar-refractivity contribution in [3.8, 4) is 5.75 Å². The summed E-state index contributed by atoms with van der Waals surface area (Å²) in [6.07, 6.45) is 3.38. The summed E-state index contributed by atoms with van der Waals surface area (Å²) in [7, 11) is 0. The second-order valence-corrected chi connectivity index (χ2v) is 5.25. The van der Waals surface area contributed by atoms with Crippen molar-refractivity contribution in [3.63, 3.8) is 0 Å². The van der Waals surface area contributed by atoms with E-state index in [-0.39, 0.29) is 17.9 Å². The number of hydrogen-bond acceptors (Lipinski definition) is 3. The monoisotopic (exact) mass is 301 g/mol. The van der Waals surface area contributed by atoms with Gasteiger partial charge in [-0.15, -0.1) is 0 Å². The van der Waals surface area contributed by atoms with Crippen molar-refractivity contribution >= 4 is 11.7 Å². The number of rotatable bonds is 4. The molecule has 0 radical (unpaired) electrons. The average Bonchev–Trinajstić information content (AvgIpc) is 2.86. The van der Waals surface area contributed by atoms with E-state index in [1.807, 2.05) is 13.0 Å². The Morgan fingerprint density at radius 3 is 3.05 bits per heavy atom. The number of carbonyl (C=O) groups is 1. The van der Waals surface area contributed by atoms with Crippen LogP contribution in [-0.4, -0.2) is 30.2 Å². The molecule has 6 heteroatoms. The Hall–Kier alpha value is -2.63. The first kappa shape index (κ1) is 14.3. The number of aromatic nitrogens is 1. The zero-order valence-corrected chi connectivity index (χ0v) is 12.1. The summed E-state index contributed by atoms with van der Waals surface area (Å²) in [6.45, 7) is 2.70. The van der Waals surface area contributed by atoms with E-state index >= 15 is 0 Å². The molecular weight excluding hydrogens is 285 g/mol. The number of hydrogen-bond donors (Lipinski definition) is 1. The van der Waals surface area contributed by atoms with Gasteiger partial charge in [-0.05, 0) is 36.8 Å². The van der Waals surface area contributed by atoms with Gasteiger partial charge in [0, 0.05) is 11.9 Å². The molecule has 1 N–H and O–H groups in total. The Kier molecular flexibility index (Phi) is 3.91. The largest absolute Gasteiger partial charge is 0.490 e. The van der Waals surface area contributed by atoms with Gasteiger partial charge in [-0.2, -0.15) is 0 Å². The topological polar surface area (TPSA) is 54.5 Å². The summed E-state index contributed by atoms with van der Waals surface area (Å²) < 4.78 is 18.9. The Bertz CT molecular complexity index is 693. The molecule has 2 heterocycles. The van der Waals surface area contributed by atoms with E-state index in [0.717, 1.165) is 5.56 Å². The van der Waals surface area contributed by atoms with Crippen LogP contribution in [0.3, 0.4) is 0 Å². The van der Waals surface area contributed by atoms with Crippen LogP contribution in [0.2, 0.25) is 0 Å². The van der Waals surface area contributed by atoms with Crippen molar-refractivity contribution in [3.05, 3.63) is 54.1 Å². The Morgan fingerprint density at radius 1 is 1.41 bits per heavy atom. The van der Waals surface area contributed by atoms with Gasteiger partial charge in [-0.25, -0.2) is 9.18 Å². The van der Waals surface area contributed by atoms with Crippen LogP contribution >= 0.6 is 0 Å². The van der Waals surface area contributed by atoms with Gasteiger partial charge in [-0.1, -0.05) is 6.07 Å². The molecule has 0 spiro atoms. The van der Waals surface area contributed by atoms with Gasteiger partial charge in [0.2, 0.25) is 0 Å². The van der Waals surface area contributed by atoms with Crippen LogP contribution in [0.5, 0.6) is 5.75 Å². The average molecular weight is 301 g/mol. The SMILES string of the molecule is Cc1cncc(OCC2CN(c3cccc(F)c3)C(=O)N2)c1. The quantitative estimate of drug-likeness (QED) is 0.944. The number of benzene rings is 1. The van der Waals surface area contributed by atoms with Crippen molar-refractivity contribution in [1.29, 1.82) is 0 Å². The van der Waals surface area contributed by atoms with E-state index in [0.29, 0.717) is 24.6 Å². The van der Waals surface area contributed by atoms with E-state index in [9.17, 15) is 9.18 Å². The molecule has 1 aliphatic heterocycles. The van der Waals surface area contributed by atoms with Crippen LogP contribution in [0.4, 0.5) is 14.9 Å². The van der Waals surface area contributed by atoms with Crippen LogP contribution in [0.15, 0.2) is 42.7 Å². The second kappa shape index (κ2) is 6.01. The summed E-state index contributed by atoms with van der Waals surface area (Å²) in [6, 6.07) is 7.46. The van der Waals surface area contributed by atoms with E-state index in [4.69, 9.17) is 4.74 Å². The number of aryl methyl sites for hydroxylation is 1. The zero-order valence-electron chi connectivity index (χ0n) is 12.1. The van der Waals surface area contributed by atoms with E-state index < -0.39 is 0 Å². The van der Waals surface area contributed by atoms with Crippen LogP contribution in [-0.2, 0) is 0 Å². The lowest BCUT2D eigenvalue weighted by molar-refractivity contribution is 0.244. The molecule has 0 bridgehead atoms. The predicted octanol–water partition coefficient (Wildman–Crippen LogP) is 2.51. The highest BCUT2D eigenvalue weighted by Crippen LogP contribution is 2.20. The molecule has 114 valence electrons. The van der Waals surface area contributed by atoms with Crippen molar-refractivity contribution in [2.24, 2.45) is 0 Å². The second-order valence-electron chi connectivity index (χ2n) is 5.25. The standard InChI is InChI=1S/C16H16FN3O2/c1-11-5-15(8-18-7-11)22-10-13-9-20(16(21)19-13)14-4-2-3-12(17)6-14/h2-8,13H,9-10H2,1H3,(H,19,21). The van der Waals surface area contributed by atoms with Crippen molar-refractivity contribution in [1.82, 2.24) is 10.3 Å². The third kappa shape index (κ3) is 3.16. The maximum Gasteiger partial charge on any atom is 0.322 e. The zero-order chi connectivity index (χ0) is 15.5. The van der Waals surface area contributed by atoms with Crippen LogP contribution in [0.25, 0.3) is 0 Å². The smallest absolute Gasteiger partial charge is 0.322 e. The number of ether oxygens (including phenoxy) is 1. The van der Waals surface area contributed by atoms with Crippen LogP contribution in [0, 0.1) is 12.7 Å². The number of urea groups is 1. The number of pyridine rings is 1. The van der Waals surface area contributed by atoms with Gasteiger partial charge < -0.3 is 10.1 Å². The van der Waals surface area contributed by atoms with E-state index in [1.165, 1.54) is 17.0 Å². The molecular formula is C16H16FN3O2. The van der Waals surface area contributed by atoms with Crippen LogP contribution < -0.4 is 15.0 Å². The van der Waals surface area contributed by atoms with Gasteiger partial charge in [0.15, 0.2) is 0 Å². The third-order valence-corrected chi connectivity index (χ3v) is 3.40. The molecule has 1 aromatic carbocycles. The highest BCUT2D eigenvalue weighted by molar-refractivity contribution is 5.94. The molecule has 3 rings (SSSR count). The Labute approximate surface area is 127 Å². The molecule has 1 aromatic heterocycles. The van der Waals surface area contributed by atoms with Crippen molar-refractivity contribution in [2.75, 3.05) is 18.1 Å². The fraction of sp³-hybridized carbons (Fsp3) is 0.250. The lowest BCUT2D eigenvalue weighted by Gasteiger charge is -2.15. The number of nitrogens with one attached hydrogen (secondary N) is 1. The van der Waals surface area contributed by atoms with E-state index in [2.05, 4.69) is 10.3 Å². The number of carbonyl (C=O) groups excluding carboxylic acids is 1. The summed E-state index contributed by atoms with van der Waals surface area (Å²) in [5.41, 5.74) is 1.55. The predicted molar refractivity (Wildman–Crippen MR) is 80.5 cm³/mol. The van der Waals surface area contributed by atoms with E-state index in [1.54, 1.807) is 24.5 Å². The molecule has 1 aliphatic rings. The van der Waals surface area contributed by atoms with Gasteiger partial charge in [0.25, 0.3) is 0 Å². The summed E-state index contributed by atoms with van der Waals surface area (Å²) >= 11 is 0. The first-order valence-corrected chi connectivity index (χ1v) is 7.00. The molecule has 2 aromatic rings. The highest BCUT2D eigenvalue weighted by Gasteiger charge is 2.30. The fourth-order valence-electron chi connectivity index (χ4n) is 2.37. The maximum atomic E-state index is 13.3. The van der Waals surface area contributed by atoms with Gasteiger partial charge in [-0.3, -0.25) is 9.88 Å².